The number of fused-ring (bicyclic) bond motifs is 4. The van der Waals surface area contributed by atoms with Gasteiger partial charge in [0.05, 0.1) is 27.7 Å². The Morgan fingerprint density at radius 2 is 1.49 bits per heavy atom. The van der Waals surface area contributed by atoms with Crippen LogP contribution in [0.3, 0.4) is 0 Å². The summed E-state index contributed by atoms with van der Waals surface area (Å²) in [5.41, 5.74) is 8.19. The molecule has 0 fully saturated rings. The summed E-state index contributed by atoms with van der Waals surface area (Å²) in [7, 11) is 1.98. The molecule has 0 aliphatic rings. The molecule has 1 N–H and O–H groups in total. The van der Waals surface area contributed by atoms with Gasteiger partial charge in [0.15, 0.2) is 0 Å². The third-order valence-corrected chi connectivity index (χ3v) is 7.97. The number of aryl methyl sites for hydroxylation is 1. The number of pyridine rings is 1. The molecule has 206 valence electrons. The van der Waals surface area contributed by atoms with Crippen molar-refractivity contribution in [1.82, 2.24) is 14.5 Å². The Balaban J connectivity index is 1.33. The first kappa shape index (κ1) is 24.9. The van der Waals surface area contributed by atoms with Gasteiger partial charge in [-0.25, -0.2) is 9.97 Å². The van der Waals surface area contributed by atoms with Gasteiger partial charge < -0.3 is 14.1 Å². The van der Waals surface area contributed by atoms with E-state index in [-0.39, 0.29) is 5.75 Å². The molecule has 0 atom stereocenters. The van der Waals surface area contributed by atoms with Crippen LogP contribution < -0.4 is 4.90 Å². The molecule has 0 spiro atoms. The fraction of sp³-hybridized carbons (Fsp3) is 0.0270. The summed E-state index contributed by atoms with van der Waals surface area (Å²) in [5, 5.41) is 12.7. The molecule has 6 heteroatoms. The summed E-state index contributed by atoms with van der Waals surface area (Å²) < 4.78 is 8.27. The molecule has 43 heavy (non-hydrogen) atoms. The Labute approximate surface area is 247 Å². The van der Waals surface area contributed by atoms with E-state index in [9.17, 15) is 5.11 Å². The van der Waals surface area contributed by atoms with Crippen LogP contribution in [0.25, 0.3) is 55.5 Å². The summed E-state index contributed by atoms with van der Waals surface area (Å²) >= 11 is 0. The monoisotopic (exact) mass is 558 g/mol. The summed E-state index contributed by atoms with van der Waals surface area (Å²) in [4.78, 5) is 12.0. The molecule has 6 nitrogen and oxygen atoms in total. The third-order valence-electron chi connectivity index (χ3n) is 7.97. The average Bonchev–Trinajstić information content (AvgIpc) is 3.60. The minimum atomic E-state index is 0.205. The standard InChI is InChI=1S/C37H26N4O2/c1-40-30-17-9-15-26(36(30)39-37(40)27-13-2-4-18-31(27)42)24-11-8-12-25(23-24)41(34-21-6-7-22-38-34)29-16-10-20-33-35(29)28-14-3-5-19-32(28)43-33/h2-23,42H,1H3. The maximum atomic E-state index is 10.6. The van der Waals surface area contributed by atoms with Crippen LogP contribution in [-0.2, 0) is 7.05 Å². The summed E-state index contributed by atoms with van der Waals surface area (Å²) in [6.07, 6.45) is 1.81. The van der Waals surface area contributed by atoms with E-state index < -0.39 is 0 Å². The van der Waals surface area contributed by atoms with E-state index in [1.165, 1.54) is 0 Å². The SMILES string of the molecule is Cn1c(-c2ccccc2O)nc2c(-c3cccc(N(c4ccccn4)c4cccc5oc6ccccc6c45)c3)cccc21. The Morgan fingerprint density at radius 1 is 0.721 bits per heavy atom. The number of benzene rings is 5. The van der Waals surface area contributed by atoms with Crippen LogP contribution >= 0.6 is 0 Å². The number of hydrogen-bond donors (Lipinski definition) is 1. The zero-order valence-electron chi connectivity index (χ0n) is 23.3. The number of imidazole rings is 1. The van der Waals surface area contributed by atoms with Crippen molar-refractivity contribution < 1.29 is 9.52 Å². The Hall–Kier alpha value is -5.88. The number of furan rings is 1. The van der Waals surface area contributed by atoms with Crippen molar-refractivity contribution in [3.63, 3.8) is 0 Å². The van der Waals surface area contributed by atoms with Crippen molar-refractivity contribution in [2.45, 2.75) is 0 Å². The molecule has 3 aromatic heterocycles. The van der Waals surface area contributed by atoms with Gasteiger partial charge in [-0.1, -0.05) is 66.7 Å². The van der Waals surface area contributed by atoms with Crippen molar-refractivity contribution in [1.29, 1.82) is 0 Å². The van der Waals surface area contributed by atoms with Crippen molar-refractivity contribution in [3.05, 3.63) is 134 Å². The second kappa shape index (κ2) is 9.89. The summed E-state index contributed by atoms with van der Waals surface area (Å²) in [6, 6.07) is 42.2. The number of para-hydroxylation sites is 3. The van der Waals surface area contributed by atoms with Crippen molar-refractivity contribution in [3.8, 4) is 28.3 Å². The number of anilines is 3. The zero-order chi connectivity index (χ0) is 28.9. The lowest BCUT2D eigenvalue weighted by molar-refractivity contribution is 0.476. The van der Waals surface area contributed by atoms with Gasteiger partial charge in [-0.15, -0.1) is 0 Å². The maximum absolute atomic E-state index is 10.6. The zero-order valence-corrected chi connectivity index (χ0v) is 23.3. The van der Waals surface area contributed by atoms with Gasteiger partial charge in [-0.05, 0) is 66.2 Å². The highest BCUT2D eigenvalue weighted by molar-refractivity contribution is 6.13. The molecular formula is C37H26N4O2. The van der Waals surface area contributed by atoms with Crippen LogP contribution in [0, 0.1) is 0 Å². The van der Waals surface area contributed by atoms with E-state index in [0.29, 0.717) is 11.4 Å². The normalized spacial score (nSPS) is 11.5. The van der Waals surface area contributed by atoms with E-state index in [2.05, 4.69) is 59.5 Å². The fourth-order valence-corrected chi connectivity index (χ4v) is 5.99. The quantitative estimate of drug-likeness (QED) is 0.228. The first-order valence-corrected chi connectivity index (χ1v) is 14.1. The van der Waals surface area contributed by atoms with E-state index in [1.807, 2.05) is 84.5 Å². The van der Waals surface area contributed by atoms with E-state index >= 15 is 0 Å². The predicted octanol–water partition coefficient (Wildman–Crippen LogP) is 9.38. The van der Waals surface area contributed by atoms with Crippen LogP contribution in [-0.4, -0.2) is 19.6 Å². The number of hydrogen-bond acceptors (Lipinski definition) is 5. The third kappa shape index (κ3) is 4.03. The molecule has 0 amide bonds. The van der Waals surface area contributed by atoms with E-state index in [1.54, 1.807) is 6.07 Å². The minimum absolute atomic E-state index is 0.205. The second-order valence-corrected chi connectivity index (χ2v) is 10.5. The first-order chi connectivity index (χ1) is 21.2. The van der Waals surface area contributed by atoms with Gasteiger partial charge in [0, 0.05) is 29.9 Å². The number of nitrogens with zero attached hydrogens (tertiary/aromatic N) is 4. The minimum Gasteiger partial charge on any atom is -0.507 e. The molecule has 8 aromatic rings. The van der Waals surface area contributed by atoms with Crippen LogP contribution in [0.15, 0.2) is 138 Å². The number of rotatable bonds is 5. The van der Waals surface area contributed by atoms with Crippen molar-refractivity contribution in [2.24, 2.45) is 7.05 Å². The molecule has 5 aromatic carbocycles. The Kier molecular flexibility index (Phi) is 5.72. The highest BCUT2D eigenvalue weighted by atomic mass is 16.3. The van der Waals surface area contributed by atoms with E-state index in [4.69, 9.17) is 14.4 Å². The highest BCUT2D eigenvalue weighted by Crippen LogP contribution is 2.43. The summed E-state index contributed by atoms with van der Waals surface area (Å²) in [6.45, 7) is 0. The molecule has 0 bridgehead atoms. The number of phenolic OH excluding ortho intramolecular Hbond substituents is 1. The number of aromatic hydroxyl groups is 1. The molecule has 0 aliphatic heterocycles. The van der Waals surface area contributed by atoms with Crippen LogP contribution in [0.5, 0.6) is 5.75 Å². The van der Waals surface area contributed by atoms with Gasteiger partial charge >= 0.3 is 0 Å². The molecule has 3 heterocycles. The number of phenols is 1. The second-order valence-electron chi connectivity index (χ2n) is 10.5. The molecule has 0 unspecified atom stereocenters. The van der Waals surface area contributed by atoms with Crippen LogP contribution in [0.4, 0.5) is 17.2 Å². The van der Waals surface area contributed by atoms with Gasteiger partial charge in [0.2, 0.25) is 0 Å². The van der Waals surface area contributed by atoms with Gasteiger partial charge in [-0.2, -0.15) is 0 Å². The van der Waals surface area contributed by atoms with Crippen LogP contribution in [0.1, 0.15) is 0 Å². The molecular weight excluding hydrogens is 532 g/mol. The molecule has 0 aliphatic carbocycles. The Morgan fingerprint density at radius 3 is 2.37 bits per heavy atom. The fourth-order valence-electron chi connectivity index (χ4n) is 5.99. The molecule has 0 saturated heterocycles. The lowest BCUT2D eigenvalue weighted by Gasteiger charge is -2.25. The summed E-state index contributed by atoms with van der Waals surface area (Å²) in [5.74, 6) is 1.72. The predicted molar refractivity (Wildman–Crippen MR) is 173 cm³/mol. The lowest BCUT2D eigenvalue weighted by Crippen LogP contribution is -2.11. The smallest absolute Gasteiger partial charge is 0.144 e. The van der Waals surface area contributed by atoms with Gasteiger partial charge in [-0.3, -0.25) is 4.90 Å². The molecule has 0 radical (unpaired) electrons. The number of aromatic nitrogens is 3. The molecule has 0 saturated carbocycles. The highest BCUT2D eigenvalue weighted by Gasteiger charge is 2.21. The van der Waals surface area contributed by atoms with Crippen LogP contribution in [0.2, 0.25) is 0 Å². The van der Waals surface area contributed by atoms with Gasteiger partial charge in [0.25, 0.3) is 0 Å². The largest absolute Gasteiger partial charge is 0.507 e. The topological polar surface area (TPSA) is 67.3 Å². The van der Waals surface area contributed by atoms with Gasteiger partial charge in [0.1, 0.15) is 28.6 Å². The maximum Gasteiger partial charge on any atom is 0.144 e. The van der Waals surface area contributed by atoms with E-state index in [0.717, 1.165) is 61.3 Å². The van der Waals surface area contributed by atoms with Crippen molar-refractivity contribution >= 4 is 50.2 Å². The van der Waals surface area contributed by atoms with Crippen molar-refractivity contribution in [2.75, 3.05) is 4.90 Å². The first-order valence-electron chi connectivity index (χ1n) is 14.1. The average molecular weight is 559 g/mol. The lowest BCUT2D eigenvalue weighted by atomic mass is 10.0. The molecule has 8 rings (SSSR count). The Bertz CT molecular complexity index is 2280.